The minimum atomic E-state index is -0.617. The van der Waals surface area contributed by atoms with Crippen molar-refractivity contribution >= 4 is 63.2 Å². The van der Waals surface area contributed by atoms with Gasteiger partial charge in [0.15, 0.2) is 11.0 Å². The fraction of sp³-hybridized carbons (Fsp3) is 0.182. The number of thioether (sulfide) groups is 1. The second kappa shape index (κ2) is 14.1. The highest BCUT2D eigenvalue weighted by atomic mass is 35.5. The third kappa shape index (κ3) is 7.28. The number of aryl methyl sites for hydroxylation is 2. The summed E-state index contributed by atoms with van der Waals surface area (Å²) in [6, 6.07) is 22.4. The number of amides is 2. The average Bonchev–Trinajstić information content (AvgIpc) is 3.58. The van der Waals surface area contributed by atoms with Gasteiger partial charge in [0.2, 0.25) is 5.91 Å². The molecule has 0 aliphatic heterocycles. The molecule has 3 aromatic carbocycles. The van der Waals surface area contributed by atoms with E-state index in [0.29, 0.717) is 32.1 Å². The van der Waals surface area contributed by atoms with Gasteiger partial charge in [-0.05, 0) is 74.7 Å². The maximum atomic E-state index is 13.3. The van der Waals surface area contributed by atoms with E-state index >= 15 is 0 Å². The van der Waals surface area contributed by atoms with Crippen LogP contribution in [0.3, 0.4) is 0 Å². The molecule has 0 fully saturated rings. The van der Waals surface area contributed by atoms with Gasteiger partial charge in [-0.1, -0.05) is 65.8 Å². The van der Waals surface area contributed by atoms with Crippen molar-refractivity contribution in [3.8, 4) is 17.1 Å². The van der Waals surface area contributed by atoms with E-state index < -0.39 is 5.97 Å². The SMILES string of the molecule is CCOC(=O)c1c(NC(=O)CSc2nnc(-c3cccc(Cl)c3)n2-c2cc(C)ccc2C)sc(C(=O)Nc2ccccc2)c1C. The largest absolute Gasteiger partial charge is 0.462 e. The van der Waals surface area contributed by atoms with Crippen LogP contribution < -0.4 is 10.6 Å². The van der Waals surface area contributed by atoms with E-state index in [1.165, 1.54) is 11.8 Å². The minimum Gasteiger partial charge on any atom is -0.462 e. The molecule has 0 unspecified atom stereocenters. The maximum Gasteiger partial charge on any atom is 0.341 e. The highest BCUT2D eigenvalue weighted by Gasteiger charge is 2.27. The number of aromatic nitrogens is 3. The fourth-order valence-electron chi connectivity index (χ4n) is 4.62. The van der Waals surface area contributed by atoms with Crippen molar-refractivity contribution in [1.29, 1.82) is 0 Å². The molecule has 0 bridgehead atoms. The molecule has 0 radical (unpaired) electrons. The normalized spacial score (nSPS) is 10.9. The highest BCUT2D eigenvalue weighted by Crippen LogP contribution is 2.35. The summed E-state index contributed by atoms with van der Waals surface area (Å²) in [4.78, 5) is 39.7. The molecule has 2 aromatic heterocycles. The zero-order valence-electron chi connectivity index (χ0n) is 25.0. The number of thiophene rings is 1. The molecular weight excluding hydrogens is 630 g/mol. The number of nitrogens with one attached hydrogen (secondary N) is 2. The van der Waals surface area contributed by atoms with E-state index in [9.17, 15) is 14.4 Å². The van der Waals surface area contributed by atoms with Crippen LogP contribution in [0.5, 0.6) is 0 Å². The van der Waals surface area contributed by atoms with Crippen molar-refractivity contribution in [2.24, 2.45) is 0 Å². The van der Waals surface area contributed by atoms with Gasteiger partial charge < -0.3 is 15.4 Å². The molecule has 45 heavy (non-hydrogen) atoms. The number of halogens is 1. The highest BCUT2D eigenvalue weighted by molar-refractivity contribution is 7.99. The van der Waals surface area contributed by atoms with Gasteiger partial charge in [-0.2, -0.15) is 0 Å². The summed E-state index contributed by atoms with van der Waals surface area (Å²) in [6.45, 7) is 7.51. The van der Waals surface area contributed by atoms with Crippen LogP contribution in [0.2, 0.25) is 5.02 Å². The predicted octanol–water partition coefficient (Wildman–Crippen LogP) is 7.73. The maximum absolute atomic E-state index is 13.3. The first-order chi connectivity index (χ1) is 21.7. The lowest BCUT2D eigenvalue weighted by Gasteiger charge is -2.14. The lowest BCUT2D eigenvalue weighted by atomic mass is 10.1. The molecule has 5 aromatic rings. The van der Waals surface area contributed by atoms with E-state index in [2.05, 4.69) is 20.8 Å². The van der Waals surface area contributed by atoms with Gasteiger partial charge in [-0.15, -0.1) is 21.5 Å². The third-order valence-electron chi connectivity index (χ3n) is 6.77. The molecule has 0 spiro atoms. The third-order valence-corrected chi connectivity index (χ3v) is 9.14. The number of carbonyl (C=O) groups is 3. The molecule has 9 nitrogen and oxygen atoms in total. The van der Waals surface area contributed by atoms with Crippen LogP contribution in [-0.4, -0.2) is 44.9 Å². The Morgan fingerprint density at radius 1 is 0.956 bits per heavy atom. The first kappa shape index (κ1) is 32.0. The lowest BCUT2D eigenvalue weighted by molar-refractivity contribution is -0.113. The molecule has 0 saturated heterocycles. The van der Waals surface area contributed by atoms with Gasteiger partial charge in [0, 0.05) is 16.3 Å². The quantitative estimate of drug-likeness (QED) is 0.116. The molecule has 0 saturated carbocycles. The number of esters is 1. The summed E-state index contributed by atoms with van der Waals surface area (Å²) >= 11 is 8.52. The number of hydrogen-bond donors (Lipinski definition) is 2. The first-order valence-electron chi connectivity index (χ1n) is 14.0. The molecule has 230 valence electrons. The van der Waals surface area contributed by atoms with Crippen LogP contribution in [0.1, 0.15) is 43.6 Å². The van der Waals surface area contributed by atoms with Crippen molar-refractivity contribution in [3.63, 3.8) is 0 Å². The smallest absolute Gasteiger partial charge is 0.341 e. The summed E-state index contributed by atoms with van der Waals surface area (Å²) in [7, 11) is 0. The van der Waals surface area contributed by atoms with Gasteiger partial charge in [-0.3, -0.25) is 14.2 Å². The number of para-hydroxylation sites is 1. The van der Waals surface area contributed by atoms with Crippen LogP contribution in [-0.2, 0) is 9.53 Å². The van der Waals surface area contributed by atoms with E-state index in [4.69, 9.17) is 16.3 Å². The zero-order chi connectivity index (χ0) is 32.1. The van der Waals surface area contributed by atoms with Crippen molar-refractivity contribution in [1.82, 2.24) is 14.8 Å². The molecule has 0 aliphatic rings. The Morgan fingerprint density at radius 2 is 1.73 bits per heavy atom. The second-order valence-corrected chi connectivity index (χ2v) is 12.5. The lowest BCUT2D eigenvalue weighted by Crippen LogP contribution is -2.17. The zero-order valence-corrected chi connectivity index (χ0v) is 27.4. The Labute approximate surface area is 274 Å². The van der Waals surface area contributed by atoms with Crippen molar-refractivity contribution < 1.29 is 19.1 Å². The van der Waals surface area contributed by atoms with E-state index in [1.54, 1.807) is 32.0 Å². The molecule has 0 atom stereocenters. The van der Waals surface area contributed by atoms with Gasteiger partial charge in [0.25, 0.3) is 5.91 Å². The molecule has 12 heteroatoms. The summed E-state index contributed by atoms with van der Waals surface area (Å²) in [5.74, 6) is -0.847. The topological polar surface area (TPSA) is 115 Å². The Hall–Kier alpha value is -4.45. The van der Waals surface area contributed by atoms with Gasteiger partial charge in [0.1, 0.15) is 5.00 Å². The van der Waals surface area contributed by atoms with E-state index in [1.807, 2.05) is 73.0 Å². The standard InChI is InChI=1S/C33H30ClN5O4S2/c1-5-43-32(42)27-21(4)28(30(41)35-24-12-7-6-8-13-24)45-31(27)36-26(40)18-44-33-38-37-29(22-10-9-11-23(34)17-22)39(33)25-16-19(2)14-15-20(25)3/h6-17H,5,18H2,1-4H3,(H,35,41)(H,36,40). The monoisotopic (exact) mass is 659 g/mol. The second-order valence-electron chi connectivity index (χ2n) is 10.1. The molecule has 5 rings (SSSR count). The number of rotatable bonds is 10. The van der Waals surface area contributed by atoms with Crippen LogP contribution >= 0.6 is 34.7 Å². The minimum absolute atomic E-state index is 0.0384. The first-order valence-corrected chi connectivity index (χ1v) is 16.2. The Bertz CT molecular complexity index is 1890. The summed E-state index contributed by atoms with van der Waals surface area (Å²) in [5.41, 5.74) is 4.91. The number of nitrogens with zero attached hydrogens (tertiary/aromatic N) is 3. The van der Waals surface area contributed by atoms with Gasteiger partial charge in [-0.25, -0.2) is 4.79 Å². The summed E-state index contributed by atoms with van der Waals surface area (Å²) in [6.07, 6.45) is 0. The number of benzene rings is 3. The Morgan fingerprint density at radius 3 is 2.47 bits per heavy atom. The molecule has 2 heterocycles. The fourth-order valence-corrected chi connectivity index (χ4v) is 6.67. The molecular formula is C33H30ClN5O4S2. The molecule has 0 aliphatic carbocycles. The number of ether oxygens (including phenoxy) is 1. The summed E-state index contributed by atoms with van der Waals surface area (Å²) in [5, 5.41) is 15.9. The van der Waals surface area contributed by atoms with Gasteiger partial charge >= 0.3 is 5.97 Å². The van der Waals surface area contributed by atoms with Crippen LogP contribution in [0, 0.1) is 20.8 Å². The number of carbonyl (C=O) groups excluding carboxylic acids is 3. The summed E-state index contributed by atoms with van der Waals surface area (Å²) < 4.78 is 7.17. The van der Waals surface area contributed by atoms with Crippen molar-refractivity contribution in [2.75, 3.05) is 23.0 Å². The Kier molecular flexibility index (Phi) is 10.0. The van der Waals surface area contributed by atoms with Crippen LogP contribution in [0.15, 0.2) is 78.0 Å². The van der Waals surface area contributed by atoms with E-state index in [0.717, 1.165) is 33.7 Å². The molecule has 2 N–H and O–H groups in total. The van der Waals surface area contributed by atoms with Crippen molar-refractivity contribution in [3.05, 3.63) is 105 Å². The predicted molar refractivity (Wildman–Crippen MR) is 180 cm³/mol. The average molecular weight is 660 g/mol. The van der Waals surface area contributed by atoms with Crippen LogP contribution in [0.4, 0.5) is 10.7 Å². The number of hydrogen-bond acceptors (Lipinski definition) is 8. The van der Waals surface area contributed by atoms with Gasteiger partial charge in [0.05, 0.1) is 28.5 Å². The Balaban J connectivity index is 1.42. The number of anilines is 2. The van der Waals surface area contributed by atoms with E-state index in [-0.39, 0.29) is 34.7 Å². The van der Waals surface area contributed by atoms with Crippen LogP contribution in [0.25, 0.3) is 17.1 Å². The molecule has 2 amide bonds. The van der Waals surface area contributed by atoms with Crippen molar-refractivity contribution in [2.45, 2.75) is 32.9 Å².